The van der Waals surface area contributed by atoms with Crippen LogP contribution in [0.3, 0.4) is 0 Å². The molecule has 0 N–H and O–H groups in total. The van der Waals surface area contributed by atoms with Crippen LogP contribution in [0.1, 0.15) is 19.4 Å². The van der Waals surface area contributed by atoms with Gasteiger partial charge in [-0.05, 0) is 13.8 Å². The van der Waals surface area contributed by atoms with Crippen molar-refractivity contribution in [3.63, 3.8) is 0 Å². The zero-order chi connectivity index (χ0) is 10.9. The summed E-state index contributed by atoms with van der Waals surface area (Å²) in [5.41, 5.74) is 1.78. The normalized spacial score (nSPS) is 18.9. The fraction of sp³-hybridized carbons (Fsp3) is 0.333. The third-order valence-corrected chi connectivity index (χ3v) is 2.62. The lowest BCUT2D eigenvalue weighted by Gasteiger charge is -2.32. The number of benzene rings is 1. The number of aliphatic imine (C=N–C) groups is 1. The summed E-state index contributed by atoms with van der Waals surface area (Å²) in [4.78, 5) is 4.47. The summed E-state index contributed by atoms with van der Waals surface area (Å²) < 4.78 is 0. The Morgan fingerprint density at radius 2 is 1.80 bits per heavy atom. The van der Waals surface area contributed by atoms with Crippen molar-refractivity contribution in [2.45, 2.75) is 19.5 Å². The molecule has 1 heterocycles. The van der Waals surface area contributed by atoms with E-state index in [1.807, 2.05) is 62.5 Å². The number of hydrogen-bond acceptors (Lipinski definition) is 3. The molecular weight excluding hydrogens is 186 g/mol. The van der Waals surface area contributed by atoms with Crippen molar-refractivity contribution in [1.29, 1.82) is 0 Å². The molecule has 0 saturated heterocycles. The van der Waals surface area contributed by atoms with Gasteiger partial charge in [-0.1, -0.05) is 30.3 Å². The Kier molecular flexibility index (Phi) is 2.31. The van der Waals surface area contributed by atoms with Crippen LogP contribution in [-0.4, -0.2) is 29.6 Å². The largest absolute Gasteiger partial charge is 0.273 e. The van der Waals surface area contributed by atoms with Gasteiger partial charge in [-0.25, -0.2) is 0 Å². The lowest BCUT2D eigenvalue weighted by atomic mass is 10.1. The molecule has 0 radical (unpaired) electrons. The predicted molar refractivity (Wildman–Crippen MR) is 63.3 cm³/mol. The zero-order valence-electron chi connectivity index (χ0n) is 9.31. The van der Waals surface area contributed by atoms with Crippen molar-refractivity contribution in [2.75, 3.05) is 7.05 Å². The molecule has 0 amide bonds. The molecule has 1 aromatic rings. The van der Waals surface area contributed by atoms with Crippen LogP contribution in [0.2, 0.25) is 0 Å². The summed E-state index contributed by atoms with van der Waals surface area (Å²) in [6.45, 7) is 4.07. The van der Waals surface area contributed by atoms with Gasteiger partial charge in [-0.3, -0.25) is 10.0 Å². The standard InChI is InChI=1S/C12H15N3/c1-12(2)13-9-11(14-15(12)3)10-7-5-4-6-8-10/h4-9H,1-3H3. The van der Waals surface area contributed by atoms with Crippen molar-refractivity contribution in [2.24, 2.45) is 10.1 Å². The topological polar surface area (TPSA) is 28.0 Å². The van der Waals surface area contributed by atoms with Crippen molar-refractivity contribution >= 4 is 11.9 Å². The molecule has 1 aliphatic heterocycles. The molecule has 0 bridgehead atoms. The molecule has 78 valence electrons. The number of hydrazone groups is 1. The van der Waals surface area contributed by atoms with E-state index in [0.29, 0.717) is 0 Å². The van der Waals surface area contributed by atoms with E-state index in [-0.39, 0.29) is 5.66 Å². The highest BCUT2D eigenvalue weighted by Gasteiger charge is 2.24. The molecule has 0 unspecified atom stereocenters. The average Bonchev–Trinajstić information content (AvgIpc) is 2.23. The van der Waals surface area contributed by atoms with Crippen LogP contribution in [0.15, 0.2) is 40.4 Å². The second-order valence-electron chi connectivity index (χ2n) is 4.13. The Hall–Kier alpha value is -1.64. The Bertz CT molecular complexity index is 404. The Morgan fingerprint density at radius 3 is 2.40 bits per heavy atom. The molecule has 1 aliphatic rings. The molecule has 0 aromatic heterocycles. The highest BCUT2D eigenvalue weighted by Crippen LogP contribution is 2.18. The Balaban J connectivity index is 2.32. The number of rotatable bonds is 1. The van der Waals surface area contributed by atoms with Crippen LogP contribution < -0.4 is 0 Å². The van der Waals surface area contributed by atoms with Gasteiger partial charge in [0, 0.05) is 12.6 Å². The molecule has 3 nitrogen and oxygen atoms in total. The summed E-state index contributed by atoms with van der Waals surface area (Å²) in [6.07, 6.45) is 1.84. The third-order valence-electron chi connectivity index (χ3n) is 2.62. The van der Waals surface area contributed by atoms with E-state index < -0.39 is 0 Å². The molecule has 0 aliphatic carbocycles. The molecule has 1 aromatic carbocycles. The van der Waals surface area contributed by atoms with Gasteiger partial charge in [-0.2, -0.15) is 5.10 Å². The maximum atomic E-state index is 4.51. The van der Waals surface area contributed by atoms with E-state index in [1.165, 1.54) is 0 Å². The quantitative estimate of drug-likeness (QED) is 0.684. The van der Waals surface area contributed by atoms with E-state index in [9.17, 15) is 0 Å². The van der Waals surface area contributed by atoms with E-state index in [0.717, 1.165) is 11.3 Å². The SMILES string of the molecule is CN1N=C(c2ccccc2)C=NC1(C)C. The van der Waals surface area contributed by atoms with Crippen LogP contribution in [0.5, 0.6) is 0 Å². The van der Waals surface area contributed by atoms with Crippen molar-refractivity contribution in [1.82, 2.24) is 5.01 Å². The molecule has 15 heavy (non-hydrogen) atoms. The summed E-state index contributed by atoms with van der Waals surface area (Å²) in [5, 5.41) is 6.39. The number of nitrogens with zero attached hydrogens (tertiary/aromatic N) is 3. The highest BCUT2D eigenvalue weighted by atomic mass is 15.5. The summed E-state index contributed by atoms with van der Waals surface area (Å²) in [7, 11) is 1.94. The maximum absolute atomic E-state index is 4.51. The Labute approximate surface area is 90.1 Å². The minimum atomic E-state index is -0.238. The monoisotopic (exact) mass is 201 g/mol. The first-order valence-electron chi connectivity index (χ1n) is 5.03. The zero-order valence-corrected chi connectivity index (χ0v) is 9.31. The van der Waals surface area contributed by atoms with Crippen LogP contribution in [0, 0.1) is 0 Å². The van der Waals surface area contributed by atoms with Gasteiger partial charge < -0.3 is 0 Å². The highest BCUT2D eigenvalue weighted by molar-refractivity contribution is 6.38. The minimum absolute atomic E-state index is 0.238. The fourth-order valence-electron chi connectivity index (χ4n) is 1.35. The van der Waals surface area contributed by atoms with Crippen LogP contribution >= 0.6 is 0 Å². The Morgan fingerprint density at radius 1 is 1.13 bits per heavy atom. The van der Waals surface area contributed by atoms with Crippen LogP contribution in [-0.2, 0) is 0 Å². The molecule has 2 rings (SSSR count). The van der Waals surface area contributed by atoms with Gasteiger partial charge in [0.1, 0.15) is 11.4 Å². The fourth-order valence-corrected chi connectivity index (χ4v) is 1.35. The molecule has 0 saturated carbocycles. The molecule has 0 atom stereocenters. The summed E-state index contributed by atoms with van der Waals surface area (Å²) in [6, 6.07) is 10.1. The van der Waals surface area contributed by atoms with E-state index in [4.69, 9.17) is 0 Å². The first-order chi connectivity index (χ1) is 7.09. The van der Waals surface area contributed by atoms with Gasteiger partial charge in [0.25, 0.3) is 0 Å². The van der Waals surface area contributed by atoms with Crippen molar-refractivity contribution in [3.8, 4) is 0 Å². The predicted octanol–water partition coefficient (Wildman–Crippen LogP) is 2.14. The molecule has 0 fully saturated rings. The molecule has 0 spiro atoms. The van der Waals surface area contributed by atoms with Gasteiger partial charge in [-0.15, -0.1) is 0 Å². The average molecular weight is 201 g/mol. The van der Waals surface area contributed by atoms with Crippen molar-refractivity contribution in [3.05, 3.63) is 35.9 Å². The van der Waals surface area contributed by atoms with Gasteiger partial charge >= 0.3 is 0 Å². The van der Waals surface area contributed by atoms with E-state index in [1.54, 1.807) is 0 Å². The van der Waals surface area contributed by atoms with Crippen molar-refractivity contribution < 1.29 is 0 Å². The van der Waals surface area contributed by atoms with Gasteiger partial charge in [0.2, 0.25) is 0 Å². The third kappa shape index (κ3) is 1.91. The second-order valence-corrected chi connectivity index (χ2v) is 4.13. The first-order valence-corrected chi connectivity index (χ1v) is 5.03. The smallest absolute Gasteiger partial charge is 0.141 e. The van der Waals surface area contributed by atoms with Crippen LogP contribution in [0.4, 0.5) is 0 Å². The van der Waals surface area contributed by atoms with E-state index in [2.05, 4.69) is 10.1 Å². The van der Waals surface area contributed by atoms with E-state index >= 15 is 0 Å². The molecule has 3 heteroatoms. The minimum Gasteiger partial charge on any atom is -0.273 e. The van der Waals surface area contributed by atoms with Crippen LogP contribution in [0.25, 0.3) is 0 Å². The second kappa shape index (κ2) is 3.50. The van der Waals surface area contributed by atoms with Gasteiger partial charge in [0.05, 0.1) is 6.21 Å². The van der Waals surface area contributed by atoms with Gasteiger partial charge in [0.15, 0.2) is 0 Å². The summed E-state index contributed by atoms with van der Waals surface area (Å²) in [5.74, 6) is 0. The maximum Gasteiger partial charge on any atom is 0.141 e. The summed E-state index contributed by atoms with van der Waals surface area (Å²) >= 11 is 0. The lowest BCUT2D eigenvalue weighted by molar-refractivity contribution is 0.171. The first kappa shape index (κ1) is 9.90. The molecular formula is C12H15N3. The lowest BCUT2D eigenvalue weighted by Crippen LogP contribution is -2.39. The number of hydrogen-bond donors (Lipinski definition) is 0.